The van der Waals surface area contributed by atoms with Crippen LogP contribution in [0.25, 0.3) is 5.76 Å². The quantitative estimate of drug-likeness (QED) is 0.179. The molecule has 3 aromatic carbocycles. The Labute approximate surface area is 227 Å². The molecule has 1 atom stereocenters. The summed E-state index contributed by atoms with van der Waals surface area (Å²) in [7, 11) is 2.75. The summed E-state index contributed by atoms with van der Waals surface area (Å²) in [5, 5.41) is 11.5. The number of aliphatic hydroxyl groups is 1. The predicted octanol–water partition coefficient (Wildman–Crippen LogP) is 5.45. The molecule has 0 bridgehead atoms. The highest BCUT2D eigenvalue weighted by Gasteiger charge is 2.48. The molecule has 8 heteroatoms. The summed E-state index contributed by atoms with van der Waals surface area (Å²) in [5.41, 5.74) is 2.05. The van der Waals surface area contributed by atoms with Crippen LogP contribution in [0.5, 0.6) is 11.5 Å². The molecule has 0 aliphatic carbocycles. The van der Waals surface area contributed by atoms with Gasteiger partial charge in [0.2, 0.25) is 0 Å². The van der Waals surface area contributed by atoms with Crippen molar-refractivity contribution in [1.29, 1.82) is 0 Å². The van der Waals surface area contributed by atoms with E-state index in [4.69, 9.17) is 14.2 Å². The highest BCUT2D eigenvalue weighted by Crippen LogP contribution is 2.45. The minimum Gasteiger partial charge on any atom is -0.507 e. The van der Waals surface area contributed by atoms with Crippen molar-refractivity contribution in [3.8, 4) is 11.5 Å². The molecule has 0 aromatic heterocycles. The molecule has 1 fully saturated rings. The number of rotatable bonds is 8. The third-order valence-electron chi connectivity index (χ3n) is 6.44. The first-order valence-corrected chi connectivity index (χ1v) is 12.5. The summed E-state index contributed by atoms with van der Waals surface area (Å²) >= 11 is 0. The molecule has 3 aromatic rings. The molecule has 202 valence electrons. The number of aryl methyl sites for hydroxylation is 1. The second-order valence-corrected chi connectivity index (χ2v) is 9.64. The molecule has 0 radical (unpaired) electrons. The normalized spacial score (nSPS) is 16.5. The Bertz CT molecular complexity index is 1460. The lowest BCUT2D eigenvalue weighted by Gasteiger charge is -2.27. The molecule has 1 unspecified atom stereocenters. The summed E-state index contributed by atoms with van der Waals surface area (Å²) in [6.45, 7) is 6.48. The number of methoxy groups -OCH3 is 2. The van der Waals surface area contributed by atoms with Crippen LogP contribution in [0.15, 0.2) is 72.3 Å². The largest absolute Gasteiger partial charge is 0.507 e. The number of ketones is 1. The number of aliphatic hydroxyl groups excluding tert-OH is 1. The first-order valence-electron chi connectivity index (χ1n) is 12.5. The minimum absolute atomic E-state index is 0.0942. The lowest BCUT2D eigenvalue weighted by Crippen LogP contribution is -2.29. The molecule has 8 nitrogen and oxygen atoms in total. The van der Waals surface area contributed by atoms with Gasteiger partial charge in [-0.1, -0.05) is 38.1 Å². The third kappa shape index (κ3) is 5.36. The Balaban J connectivity index is 1.90. The van der Waals surface area contributed by atoms with E-state index < -0.39 is 23.7 Å². The topological polar surface area (TPSA) is 102 Å². The smallest absolute Gasteiger partial charge is 0.337 e. The van der Waals surface area contributed by atoms with Crippen molar-refractivity contribution in [2.75, 3.05) is 25.7 Å². The summed E-state index contributed by atoms with van der Waals surface area (Å²) in [5.74, 6) is -1.17. The third-order valence-corrected chi connectivity index (χ3v) is 6.44. The van der Waals surface area contributed by atoms with Crippen molar-refractivity contribution < 1.29 is 33.7 Å². The van der Waals surface area contributed by atoms with E-state index in [2.05, 4.69) is 0 Å². The minimum atomic E-state index is -1.02. The lowest BCUT2D eigenvalue weighted by molar-refractivity contribution is -0.132. The van der Waals surface area contributed by atoms with Crippen LogP contribution in [-0.2, 0) is 14.3 Å². The second kappa shape index (κ2) is 11.4. The SMILES string of the molecule is COC(=O)c1cccc(N2C(=O)C(=O)/C(=C(/O)c3ccc(OCC(C)C)c(C)c3)C2c2ccccc2OC)c1. The van der Waals surface area contributed by atoms with Crippen LogP contribution >= 0.6 is 0 Å². The van der Waals surface area contributed by atoms with Gasteiger partial charge in [-0.3, -0.25) is 14.5 Å². The summed E-state index contributed by atoms with van der Waals surface area (Å²) in [6, 6.07) is 17.3. The van der Waals surface area contributed by atoms with Crippen LogP contribution in [0, 0.1) is 12.8 Å². The summed E-state index contributed by atoms with van der Waals surface area (Å²) in [4.78, 5) is 40.5. The maximum atomic E-state index is 13.5. The Morgan fingerprint density at radius 2 is 1.69 bits per heavy atom. The van der Waals surface area contributed by atoms with Gasteiger partial charge in [0.25, 0.3) is 11.7 Å². The molecule has 1 amide bonds. The number of nitrogens with zero attached hydrogens (tertiary/aromatic N) is 1. The second-order valence-electron chi connectivity index (χ2n) is 9.64. The van der Waals surface area contributed by atoms with Gasteiger partial charge in [-0.2, -0.15) is 0 Å². The predicted molar refractivity (Wildman–Crippen MR) is 147 cm³/mol. The average Bonchev–Trinajstić information content (AvgIpc) is 3.21. The standard InChI is InChI=1S/C31H31NO7/c1-18(2)17-39-24-14-13-20(15-19(24)3)28(33)26-27(23-11-6-7-12-25(23)37-4)32(30(35)29(26)34)22-10-8-9-21(16-22)31(36)38-5/h6-16,18,27,33H,17H2,1-5H3/b28-26+. The summed E-state index contributed by atoms with van der Waals surface area (Å²) < 4.78 is 16.2. The maximum Gasteiger partial charge on any atom is 0.337 e. The van der Waals surface area contributed by atoms with Crippen LogP contribution in [0.4, 0.5) is 5.69 Å². The van der Waals surface area contributed by atoms with Crippen molar-refractivity contribution >= 4 is 29.1 Å². The molecule has 39 heavy (non-hydrogen) atoms. The van der Waals surface area contributed by atoms with Crippen molar-refractivity contribution in [2.45, 2.75) is 26.8 Å². The molecule has 1 heterocycles. The van der Waals surface area contributed by atoms with Crippen LogP contribution in [0.3, 0.4) is 0 Å². The summed E-state index contributed by atoms with van der Waals surface area (Å²) in [6.07, 6.45) is 0. The molecule has 0 spiro atoms. The number of Topliss-reactive ketones (excluding diaryl/α,β-unsaturated/α-hetero) is 1. The number of amides is 1. The molecule has 4 rings (SSSR count). The van der Waals surface area contributed by atoms with Gasteiger partial charge in [0.05, 0.1) is 38.0 Å². The number of ether oxygens (including phenoxy) is 3. The number of hydrogen-bond donors (Lipinski definition) is 1. The van der Waals surface area contributed by atoms with E-state index in [1.54, 1.807) is 60.7 Å². The molecule has 1 N–H and O–H groups in total. The van der Waals surface area contributed by atoms with Gasteiger partial charge in [0.15, 0.2) is 0 Å². The number of benzene rings is 3. The zero-order valence-corrected chi connectivity index (χ0v) is 22.6. The van der Waals surface area contributed by atoms with E-state index in [0.29, 0.717) is 40.8 Å². The fourth-order valence-corrected chi connectivity index (χ4v) is 4.56. The molecule has 1 aliphatic heterocycles. The fourth-order valence-electron chi connectivity index (χ4n) is 4.56. The van der Waals surface area contributed by atoms with Gasteiger partial charge in [0.1, 0.15) is 17.3 Å². The van der Waals surface area contributed by atoms with Gasteiger partial charge >= 0.3 is 5.97 Å². The van der Waals surface area contributed by atoms with E-state index in [9.17, 15) is 19.5 Å². The van der Waals surface area contributed by atoms with Crippen molar-refractivity contribution in [1.82, 2.24) is 0 Å². The van der Waals surface area contributed by atoms with E-state index in [0.717, 1.165) is 5.56 Å². The fraction of sp³-hybridized carbons (Fsp3) is 0.258. The first kappa shape index (κ1) is 27.4. The Hall–Kier alpha value is -4.59. The van der Waals surface area contributed by atoms with Crippen LogP contribution in [0.2, 0.25) is 0 Å². The number of para-hydroxylation sites is 1. The molecular weight excluding hydrogens is 498 g/mol. The number of carbonyl (C=O) groups excluding carboxylic acids is 3. The van der Waals surface area contributed by atoms with Gasteiger partial charge in [-0.25, -0.2) is 4.79 Å². The monoisotopic (exact) mass is 529 g/mol. The number of esters is 1. The maximum absolute atomic E-state index is 13.5. The van der Waals surface area contributed by atoms with Gasteiger partial charge in [0, 0.05) is 16.8 Å². The van der Waals surface area contributed by atoms with Crippen molar-refractivity contribution in [2.24, 2.45) is 5.92 Å². The molecular formula is C31H31NO7. The number of anilines is 1. The van der Waals surface area contributed by atoms with Gasteiger partial charge < -0.3 is 19.3 Å². The zero-order valence-electron chi connectivity index (χ0n) is 22.6. The van der Waals surface area contributed by atoms with Crippen LogP contribution in [0.1, 0.15) is 46.9 Å². The molecule has 1 aliphatic rings. The van der Waals surface area contributed by atoms with E-state index in [1.165, 1.54) is 25.2 Å². The van der Waals surface area contributed by atoms with Gasteiger partial charge in [-0.05, 0) is 60.9 Å². The highest BCUT2D eigenvalue weighted by atomic mass is 16.5. The Morgan fingerprint density at radius 3 is 2.36 bits per heavy atom. The van der Waals surface area contributed by atoms with E-state index >= 15 is 0 Å². The van der Waals surface area contributed by atoms with Crippen LogP contribution < -0.4 is 14.4 Å². The van der Waals surface area contributed by atoms with Crippen LogP contribution in [-0.4, -0.2) is 43.6 Å². The average molecular weight is 530 g/mol. The molecule has 1 saturated heterocycles. The molecule has 0 saturated carbocycles. The zero-order chi connectivity index (χ0) is 28.3. The van der Waals surface area contributed by atoms with Crippen molar-refractivity contribution in [3.05, 3.63) is 94.6 Å². The lowest BCUT2D eigenvalue weighted by atomic mass is 9.94. The Kier molecular flexibility index (Phi) is 8.04. The highest BCUT2D eigenvalue weighted by molar-refractivity contribution is 6.51. The number of hydrogen-bond acceptors (Lipinski definition) is 7. The van der Waals surface area contributed by atoms with E-state index in [-0.39, 0.29) is 16.9 Å². The number of carbonyl (C=O) groups is 3. The van der Waals surface area contributed by atoms with Crippen molar-refractivity contribution in [3.63, 3.8) is 0 Å². The first-order chi connectivity index (χ1) is 18.7. The van der Waals surface area contributed by atoms with E-state index in [1.807, 2.05) is 20.8 Å². The van der Waals surface area contributed by atoms with Gasteiger partial charge in [-0.15, -0.1) is 0 Å². The Morgan fingerprint density at radius 1 is 0.949 bits per heavy atom.